The van der Waals surface area contributed by atoms with Crippen LogP contribution in [0.2, 0.25) is 0 Å². The van der Waals surface area contributed by atoms with Gasteiger partial charge in [0.2, 0.25) is 0 Å². The Balaban J connectivity index is 2.41. The lowest BCUT2D eigenvalue weighted by Crippen LogP contribution is -2.04. The standard InChI is InChI=1S/C12H12N2O2/c1-9-3-5-10(6-4-9)12(14-15-2)11-7-8-16-13-11/h3-8H,1-2H3/b14-12+. The fourth-order valence-electron chi connectivity index (χ4n) is 1.38. The summed E-state index contributed by atoms with van der Waals surface area (Å²) in [5.74, 6) is 0. The molecule has 4 nitrogen and oxygen atoms in total. The first kappa shape index (κ1) is 10.4. The number of nitrogens with zero attached hydrogens (tertiary/aromatic N) is 2. The first-order chi connectivity index (χ1) is 7.81. The van der Waals surface area contributed by atoms with E-state index < -0.39 is 0 Å². The second kappa shape index (κ2) is 4.61. The van der Waals surface area contributed by atoms with Gasteiger partial charge in [0.05, 0.1) is 0 Å². The van der Waals surface area contributed by atoms with Gasteiger partial charge in [0.15, 0.2) is 0 Å². The van der Waals surface area contributed by atoms with Crippen LogP contribution in [0.1, 0.15) is 16.8 Å². The zero-order valence-electron chi connectivity index (χ0n) is 9.18. The number of aromatic nitrogens is 1. The van der Waals surface area contributed by atoms with Crippen LogP contribution in [0.25, 0.3) is 0 Å². The van der Waals surface area contributed by atoms with Crippen molar-refractivity contribution in [1.82, 2.24) is 5.16 Å². The molecule has 1 aromatic carbocycles. The molecule has 0 bridgehead atoms. The highest BCUT2D eigenvalue weighted by molar-refractivity contribution is 6.11. The van der Waals surface area contributed by atoms with Crippen molar-refractivity contribution in [1.29, 1.82) is 0 Å². The van der Waals surface area contributed by atoms with Gasteiger partial charge in [-0.05, 0) is 6.92 Å². The van der Waals surface area contributed by atoms with Crippen molar-refractivity contribution >= 4 is 5.71 Å². The van der Waals surface area contributed by atoms with E-state index in [1.165, 1.54) is 18.9 Å². The number of hydrogen-bond donors (Lipinski definition) is 0. The summed E-state index contributed by atoms with van der Waals surface area (Å²) in [4.78, 5) is 4.82. The molecular weight excluding hydrogens is 204 g/mol. The Bertz CT molecular complexity index is 472. The molecule has 82 valence electrons. The number of benzene rings is 1. The van der Waals surface area contributed by atoms with E-state index in [9.17, 15) is 0 Å². The Morgan fingerprint density at radius 1 is 1.25 bits per heavy atom. The molecule has 0 atom stereocenters. The van der Waals surface area contributed by atoms with Gasteiger partial charge < -0.3 is 9.36 Å². The summed E-state index contributed by atoms with van der Waals surface area (Å²) in [6.45, 7) is 2.03. The molecule has 1 heterocycles. The number of hydrogen-bond acceptors (Lipinski definition) is 4. The Morgan fingerprint density at radius 2 is 2.00 bits per heavy atom. The zero-order valence-corrected chi connectivity index (χ0v) is 9.18. The molecule has 0 saturated carbocycles. The van der Waals surface area contributed by atoms with Gasteiger partial charge in [0, 0.05) is 11.6 Å². The molecule has 0 aliphatic carbocycles. The molecule has 2 aromatic rings. The quantitative estimate of drug-likeness (QED) is 0.584. The molecule has 0 unspecified atom stereocenters. The summed E-state index contributed by atoms with van der Waals surface area (Å²) in [6, 6.07) is 9.72. The van der Waals surface area contributed by atoms with Gasteiger partial charge in [-0.3, -0.25) is 0 Å². The van der Waals surface area contributed by atoms with Crippen LogP contribution in [0.15, 0.2) is 46.3 Å². The number of aryl methyl sites for hydroxylation is 1. The average molecular weight is 216 g/mol. The third kappa shape index (κ3) is 2.11. The van der Waals surface area contributed by atoms with Gasteiger partial charge in [0.1, 0.15) is 24.8 Å². The Kier molecular flexibility index (Phi) is 3.00. The van der Waals surface area contributed by atoms with Crippen molar-refractivity contribution in [3.05, 3.63) is 53.4 Å². The summed E-state index contributed by atoms with van der Waals surface area (Å²) < 4.78 is 4.80. The average Bonchev–Trinajstić information content (AvgIpc) is 2.81. The van der Waals surface area contributed by atoms with Crippen molar-refractivity contribution in [2.24, 2.45) is 5.16 Å². The summed E-state index contributed by atoms with van der Waals surface area (Å²) in [5.41, 5.74) is 3.46. The highest BCUT2D eigenvalue weighted by atomic mass is 16.6. The zero-order chi connectivity index (χ0) is 11.4. The van der Waals surface area contributed by atoms with Gasteiger partial charge >= 0.3 is 0 Å². The number of oxime groups is 1. The van der Waals surface area contributed by atoms with Crippen LogP contribution in [0.3, 0.4) is 0 Å². The summed E-state index contributed by atoms with van der Waals surface area (Å²) in [7, 11) is 1.51. The first-order valence-electron chi connectivity index (χ1n) is 4.90. The molecule has 0 aliphatic heterocycles. The monoisotopic (exact) mass is 216 g/mol. The molecule has 0 radical (unpaired) electrons. The van der Waals surface area contributed by atoms with Gasteiger partial charge in [0.25, 0.3) is 0 Å². The largest absolute Gasteiger partial charge is 0.399 e. The lowest BCUT2D eigenvalue weighted by atomic mass is 10.1. The molecular formula is C12H12N2O2. The van der Waals surface area contributed by atoms with Crippen molar-refractivity contribution in [3.8, 4) is 0 Å². The maximum atomic E-state index is 4.82. The molecule has 0 saturated heterocycles. The van der Waals surface area contributed by atoms with Gasteiger partial charge in [-0.15, -0.1) is 0 Å². The third-order valence-corrected chi connectivity index (χ3v) is 2.19. The van der Waals surface area contributed by atoms with Crippen LogP contribution < -0.4 is 0 Å². The molecule has 0 fully saturated rings. The Hall–Kier alpha value is -2.10. The fourth-order valence-corrected chi connectivity index (χ4v) is 1.38. The van der Waals surface area contributed by atoms with E-state index in [-0.39, 0.29) is 0 Å². The molecule has 2 rings (SSSR count). The minimum atomic E-state index is 0.658. The van der Waals surface area contributed by atoms with Gasteiger partial charge in [-0.2, -0.15) is 0 Å². The topological polar surface area (TPSA) is 47.6 Å². The van der Waals surface area contributed by atoms with Crippen LogP contribution in [-0.4, -0.2) is 18.0 Å². The van der Waals surface area contributed by atoms with E-state index in [2.05, 4.69) is 10.3 Å². The first-order valence-corrected chi connectivity index (χ1v) is 4.90. The Labute approximate surface area is 93.5 Å². The predicted molar refractivity (Wildman–Crippen MR) is 60.3 cm³/mol. The smallest absolute Gasteiger partial charge is 0.139 e. The van der Waals surface area contributed by atoms with Gasteiger partial charge in [-0.1, -0.05) is 40.1 Å². The fraction of sp³-hybridized carbons (Fsp3) is 0.167. The molecule has 16 heavy (non-hydrogen) atoms. The number of rotatable bonds is 3. The summed E-state index contributed by atoms with van der Waals surface area (Å²) in [6.07, 6.45) is 1.51. The van der Waals surface area contributed by atoms with Crippen LogP contribution in [-0.2, 0) is 4.84 Å². The predicted octanol–water partition coefficient (Wildman–Crippen LogP) is 2.38. The highest BCUT2D eigenvalue weighted by Crippen LogP contribution is 2.10. The van der Waals surface area contributed by atoms with Crippen molar-refractivity contribution in [3.63, 3.8) is 0 Å². The van der Waals surface area contributed by atoms with E-state index in [1.54, 1.807) is 6.07 Å². The molecule has 0 amide bonds. The lowest BCUT2D eigenvalue weighted by Gasteiger charge is -2.02. The molecule has 4 heteroatoms. The van der Waals surface area contributed by atoms with Crippen LogP contribution in [0.4, 0.5) is 0 Å². The van der Waals surface area contributed by atoms with Gasteiger partial charge in [-0.25, -0.2) is 0 Å². The molecule has 1 aromatic heterocycles. The maximum Gasteiger partial charge on any atom is 0.139 e. The van der Waals surface area contributed by atoms with E-state index in [0.717, 1.165) is 5.56 Å². The van der Waals surface area contributed by atoms with Crippen molar-refractivity contribution in [2.75, 3.05) is 7.11 Å². The summed E-state index contributed by atoms with van der Waals surface area (Å²) >= 11 is 0. The van der Waals surface area contributed by atoms with Crippen molar-refractivity contribution in [2.45, 2.75) is 6.92 Å². The van der Waals surface area contributed by atoms with E-state index in [4.69, 9.17) is 9.36 Å². The second-order valence-electron chi connectivity index (χ2n) is 3.37. The summed E-state index contributed by atoms with van der Waals surface area (Å²) in [5, 5.41) is 7.81. The van der Waals surface area contributed by atoms with E-state index in [0.29, 0.717) is 11.4 Å². The van der Waals surface area contributed by atoms with E-state index >= 15 is 0 Å². The molecule has 0 aliphatic rings. The normalized spacial score (nSPS) is 11.5. The second-order valence-corrected chi connectivity index (χ2v) is 3.37. The Morgan fingerprint density at radius 3 is 2.56 bits per heavy atom. The third-order valence-electron chi connectivity index (χ3n) is 2.19. The lowest BCUT2D eigenvalue weighted by molar-refractivity contribution is 0.213. The minimum absolute atomic E-state index is 0.658. The van der Waals surface area contributed by atoms with Crippen LogP contribution in [0.5, 0.6) is 0 Å². The molecule has 0 N–H and O–H groups in total. The SMILES string of the molecule is CO/N=C(\c1ccc(C)cc1)c1ccon1. The van der Waals surface area contributed by atoms with Crippen LogP contribution >= 0.6 is 0 Å². The maximum absolute atomic E-state index is 4.82. The van der Waals surface area contributed by atoms with Crippen molar-refractivity contribution < 1.29 is 9.36 Å². The van der Waals surface area contributed by atoms with E-state index in [1.807, 2.05) is 31.2 Å². The molecule has 0 spiro atoms. The van der Waals surface area contributed by atoms with Crippen LogP contribution in [0, 0.1) is 6.92 Å². The highest BCUT2D eigenvalue weighted by Gasteiger charge is 2.10. The minimum Gasteiger partial charge on any atom is -0.399 e.